The van der Waals surface area contributed by atoms with Crippen molar-refractivity contribution in [2.75, 3.05) is 20.6 Å². The number of nitrogens with zero attached hydrogens (tertiary/aromatic N) is 1. The Kier molecular flexibility index (Phi) is 6.94. The summed E-state index contributed by atoms with van der Waals surface area (Å²) in [5.41, 5.74) is -0.434. The molecule has 0 spiro atoms. The van der Waals surface area contributed by atoms with E-state index in [0.29, 0.717) is 12.1 Å². The first-order valence-electron chi connectivity index (χ1n) is 8.06. The van der Waals surface area contributed by atoms with Gasteiger partial charge in [-0.3, -0.25) is 0 Å². The molecule has 1 saturated carbocycles. The minimum Gasteiger partial charge on any atom is -0.444 e. The number of hydrogen-bond acceptors (Lipinski definition) is 4. The molecule has 3 unspecified atom stereocenters. The molecule has 1 aliphatic carbocycles. The molecule has 0 aliphatic heterocycles. The average molecular weight is 299 g/mol. The van der Waals surface area contributed by atoms with Gasteiger partial charge in [-0.05, 0) is 67.5 Å². The van der Waals surface area contributed by atoms with Crippen molar-refractivity contribution in [1.29, 1.82) is 0 Å². The van der Waals surface area contributed by atoms with Crippen molar-refractivity contribution in [2.45, 2.75) is 77.1 Å². The zero-order valence-electron chi connectivity index (χ0n) is 14.5. The molecule has 0 aromatic heterocycles. The lowest BCUT2D eigenvalue weighted by molar-refractivity contribution is 0.0488. The lowest BCUT2D eigenvalue weighted by atomic mass is 9.90. The quantitative estimate of drug-likeness (QED) is 0.818. The third-order valence-corrected chi connectivity index (χ3v) is 3.55. The van der Waals surface area contributed by atoms with Crippen LogP contribution < -0.4 is 10.6 Å². The molecule has 5 nitrogen and oxygen atoms in total. The van der Waals surface area contributed by atoms with Gasteiger partial charge < -0.3 is 20.3 Å². The molecule has 0 aromatic carbocycles. The van der Waals surface area contributed by atoms with Crippen LogP contribution in [0, 0.1) is 0 Å². The Morgan fingerprint density at radius 1 is 1.29 bits per heavy atom. The molecule has 1 amide bonds. The van der Waals surface area contributed by atoms with E-state index in [9.17, 15) is 4.79 Å². The zero-order chi connectivity index (χ0) is 16.0. The Morgan fingerprint density at radius 2 is 1.90 bits per heavy atom. The molecule has 2 N–H and O–H groups in total. The van der Waals surface area contributed by atoms with Crippen LogP contribution in [0.1, 0.15) is 53.4 Å². The predicted octanol–water partition coefficient (Wildman–Crippen LogP) is 2.36. The highest BCUT2D eigenvalue weighted by atomic mass is 16.6. The Bertz CT molecular complexity index is 326. The van der Waals surface area contributed by atoms with E-state index in [0.717, 1.165) is 25.8 Å². The van der Waals surface area contributed by atoms with Gasteiger partial charge in [0.25, 0.3) is 0 Å². The summed E-state index contributed by atoms with van der Waals surface area (Å²) in [6.07, 6.45) is 4.06. The topological polar surface area (TPSA) is 53.6 Å². The molecule has 1 aliphatic rings. The van der Waals surface area contributed by atoms with Crippen LogP contribution in [0.4, 0.5) is 4.79 Å². The first-order valence-corrected chi connectivity index (χ1v) is 8.06. The highest BCUT2D eigenvalue weighted by molar-refractivity contribution is 5.68. The highest BCUT2D eigenvalue weighted by Crippen LogP contribution is 2.19. The Labute approximate surface area is 129 Å². The maximum atomic E-state index is 11.8. The van der Waals surface area contributed by atoms with Crippen molar-refractivity contribution in [3.63, 3.8) is 0 Å². The van der Waals surface area contributed by atoms with Crippen LogP contribution in [-0.2, 0) is 4.74 Å². The maximum absolute atomic E-state index is 11.8. The summed E-state index contributed by atoms with van der Waals surface area (Å²) < 4.78 is 5.33. The third-order valence-electron chi connectivity index (χ3n) is 3.55. The van der Waals surface area contributed by atoms with E-state index in [2.05, 4.69) is 36.6 Å². The maximum Gasteiger partial charge on any atom is 0.407 e. The third kappa shape index (κ3) is 8.27. The molecule has 0 heterocycles. The largest absolute Gasteiger partial charge is 0.444 e. The number of amides is 1. The van der Waals surface area contributed by atoms with E-state index in [-0.39, 0.29) is 12.1 Å². The van der Waals surface area contributed by atoms with Crippen molar-refractivity contribution < 1.29 is 9.53 Å². The van der Waals surface area contributed by atoms with Crippen LogP contribution in [0.5, 0.6) is 0 Å². The van der Waals surface area contributed by atoms with E-state index in [1.165, 1.54) is 6.42 Å². The number of hydrogen-bond donors (Lipinski definition) is 2. The monoisotopic (exact) mass is 299 g/mol. The highest BCUT2D eigenvalue weighted by Gasteiger charge is 2.26. The summed E-state index contributed by atoms with van der Waals surface area (Å²) in [7, 11) is 4.18. The van der Waals surface area contributed by atoms with E-state index in [1.807, 2.05) is 20.8 Å². The minimum absolute atomic E-state index is 0.220. The molecule has 124 valence electrons. The fourth-order valence-corrected chi connectivity index (χ4v) is 2.95. The van der Waals surface area contributed by atoms with Gasteiger partial charge in [0, 0.05) is 24.7 Å². The van der Waals surface area contributed by atoms with E-state index in [1.54, 1.807) is 0 Å². The molecule has 0 aromatic rings. The SMILES string of the molecule is CC(CN(C)C)NC1CCCC(NC(=O)OC(C)(C)C)C1. The first kappa shape index (κ1) is 18.2. The van der Waals surface area contributed by atoms with Crippen LogP contribution in [0.25, 0.3) is 0 Å². The van der Waals surface area contributed by atoms with E-state index < -0.39 is 5.60 Å². The molecule has 1 rings (SSSR count). The molecule has 1 fully saturated rings. The van der Waals surface area contributed by atoms with Gasteiger partial charge in [0.05, 0.1) is 0 Å². The normalized spacial score (nSPS) is 24.7. The number of likely N-dealkylation sites (N-methyl/N-ethyl adjacent to an activating group) is 1. The second kappa shape index (κ2) is 7.99. The minimum atomic E-state index is -0.434. The van der Waals surface area contributed by atoms with Gasteiger partial charge in [-0.25, -0.2) is 4.79 Å². The van der Waals surface area contributed by atoms with Gasteiger partial charge >= 0.3 is 6.09 Å². The summed E-state index contributed by atoms with van der Waals surface area (Å²) in [6.45, 7) is 8.91. The summed E-state index contributed by atoms with van der Waals surface area (Å²) in [5, 5.41) is 6.68. The Morgan fingerprint density at radius 3 is 2.48 bits per heavy atom. The van der Waals surface area contributed by atoms with Crippen LogP contribution in [0.2, 0.25) is 0 Å². The van der Waals surface area contributed by atoms with Gasteiger partial charge in [-0.2, -0.15) is 0 Å². The Balaban J connectivity index is 2.36. The standard InChI is InChI=1S/C16H33N3O2/c1-12(11-19(5)6)17-13-8-7-9-14(10-13)18-15(20)21-16(2,3)4/h12-14,17H,7-11H2,1-6H3,(H,18,20). The van der Waals surface area contributed by atoms with Crippen LogP contribution in [-0.4, -0.2) is 55.4 Å². The van der Waals surface area contributed by atoms with Crippen molar-refractivity contribution in [1.82, 2.24) is 15.5 Å². The molecule has 0 bridgehead atoms. The summed E-state index contributed by atoms with van der Waals surface area (Å²) >= 11 is 0. The number of alkyl carbamates (subject to hydrolysis) is 1. The predicted molar refractivity (Wildman–Crippen MR) is 86.6 cm³/mol. The van der Waals surface area contributed by atoms with Crippen molar-refractivity contribution in [2.24, 2.45) is 0 Å². The van der Waals surface area contributed by atoms with Gasteiger partial charge in [0.2, 0.25) is 0 Å². The number of nitrogens with one attached hydrogen (secondary N) is 2. The van der Waals surface area contributed by atoms with Crippen LogP contribution in [0.15, 0.2) is 0 Å². The summed E-state index contributed by atoms with van der Waals surface area (Å²) in [5.74, 6) is 0. The molecule has 0 radical (unpaired) electrons. The first-order chi connectivity index (χ1) is 9.65. The number of rotatable bonds is 5. The molecular weight excluding hydrogens is 266 g/mol. The van der Waals surface area contributed by atoms with Gasteiger partial charge in [-0.1, -0.05) is 0 Å². The van der Waals surface area contributed by atoms with E-state index >= 15 is 0 Å². The molecule has 3 atom stereocenters. The number of ether oxygens (including phenoxy) is 1. The van der Waals surface area contributed by atoms with Crippen molar-refractivity contribution in [3.05, 3.63) is 0 Å². The average Bonchev–Trinajstić information content (AvgIpc) is 2.24. The Hall–Kier alpha value is -0.810. The van der Waals surface area contributed by atoms with Crippen molar-refractivity contribution >= 4 is 6.09 Å². The number of carbonyl (C=O) groups excluding carboxylic acids is 1. The van der Waals surface area contributed by atoms with Crippen LogP contribution >= 0.6 is 0 Å². The van der Waals surface area contributed by atoms with E-state index in [4.69, 9.17) is 4.74 Å². The molecule has 5 heteroatoms. The molecule has 21 heavy (non-hydrogen) atoms. The zero-order valence-corrected chi connectivity index (χ0v) is 14.5. The molecular formula is C16H33N3O2. The smallest absolute Gasteiger partial charge is 0.407 e. The van der Waals surface area contributed by atoms with Gasteiger partial charge in [0.1, 0.15) is 5.60 Å². The number of carbonyl (C=O) groups is 1. The lowest BCUT2D eigenvalue weighted by Gasteiger charge is -2.33. The second-order valence-corrected chi connectivity index (χ2v) is 7.54. The van der Waals surface area contributed by atoms with Crippen molar-refractivity contribution in [3.8, 4) is 0 Å². The second-order valence-electron chi connectivity index (χ2n) is 7.54. The fourth-order valence-electron chi connectivity index (χ4n) is 2.95. The van der Waals surface area contributed by atoms with Gasteiger partial charge in [-0.15, -0.1) is 0 Å². The van der Waals surface area contributed by atoms with Gasteiger partial charge in [0.15, 0.2) is 0 Å². The fraction of sp³-hybridized carbons (Fsp3) is 0.938. The molecule has 0 saturated heterocycles. The summed E-state index contributed by atoms with van der Waals surface area (Å²) in [4.78, 5) is 14.0. The summed E-state index contributed by atoms with van der Waals surface area (Å²) in [6, 6.07) is 1.16. The lowest BCUT2D eigenvalue weighted by Crippen LogP contribution is -2.49. The van der Waals surface area contributed by atoms with Crippen LogP contribution in [0.3, 0.4) is 0 Å².